The minimum atomic E-state index is -0.0697. The summed E-state index contributed by atoms with van der Waals surface area (Å²) in [6.45, 7) is 5.84. The zero-order valence-corrected chi connectivity index (χ0v) is 19.8. The van der Waals surface area contributed by atoms with Crippen molar-refractivity contribution >= 4 is 23.5 Å². The lowest BCUT2D eigenvalue weighted by molar-refractivity contribution is -0.121. The summed E-state index contributed by atoms with van der Waals surface area (Å²) >= 11 is 1.60. The number of rotatable bonds is 11. The minimum Gasteiger partial charge on any atom is -0.356 e. The number of fused-ring (bicyclic) bond motifs is 1. The summed E-state index contributed by atoms with van der Waals surface area (Å²) in [5.41, 5.74) is 3.41. The van der Waals surface area contributed by atoms with E-state index in [4.69, 9.17) is 0 Å². The Morgan fingerprint density at radius 3 is 2.65 bits per heavy atom. The first-order valence-corrected chi connectivity index (χ1v) is 12.6. The van der Waals surface area contributed by atoms with Crippen LogP contribution in [0.1, 0.15) is 73.3 Å². The smallest absolute Gasteiger partial charge is 0.220 e. The van der Waals surface area contributed by atoms with Gasteiger partial charge in [-0.3, -0.25) is 9.59 Å². The molecule has 1 amide bonds. The van der Waals surface area contributed by atoms with E-state index < -0.39 is 0 Å². The molecule has 3 rings (SSSR count). The van der Waals surface area contributed by atoms with Gasteiger partial charge in [-0.1, -0.05) is 37.7 Å². The topological polar surface area (TPSA) is 76.9 Å². The molecule has 1 N–H and O–H groups in total. The number of benzene rings is 1. The highest BCUT2D eigenvalue weighted by Crippen LogP contribution is 2.23. The van der Waals surface area contributed by atoms with Crippen LogP contribution in [-0.2, 0) is 30.6 Å². The number of carbonyl (C=O) groups excluding carboxylic acids is 2. The first-order chi connectivity index (χ1) is 15.0. The molecule has 1 heterocycles. The number of amides is 1. The molecule has 0 atom stereocenters. The fourth-order valence-corrected chi connectivity index (χ4v) is 4.57. The number of nitrogens with zero attached hydrogens (tertiary/aromatic N) is 3. The van der Waals surface area contributed by atoms with Crippen molar-refractivity contribution in [2.75, 3.05) is 12.8 Å². The van der Waals surface area contributed by atoms with Crippen LogP contribution in [0, 0.1) is 5.92 Å². The molecule has 1 aromatic heterocycles. The Balaban J connectivity index is 1.40. The van der Waals surface area contributed by atoms with Gasteiger partial charge in [0, 0.05) is 37.9 Å². The molecule has 2 aromatic rings. The molecule has 168 valence electrons. The van der Waals surface area contributed by atoms with E-state index in [-0.39, 0.29) is 24.5 Å². The number of aryl methyl sites for hydroxylation is 3. The highest BCUT2D eigenvalue weighted by Gasteiger charge is 2.15. The van der Waals surface area contributed by atoms with E-state index in [2.05, 4.69) is 40.0 Å². The molecule has 0 bridgehead atoms. The van der Waals surface area contributed by atoms with Gasteiger partial charge in [0.15, 0.2) is 10.9 Å². The normalized spacial score (nSPS) is 13.3. The average Bonchev–Trinajstić information content (AvgIpc) is 3.15. The zero-order chi connectivity index (χ0) is 22.2. The van der Waals surface area contributed by atoms with Gasteiger partial charge < -0.3 is 9.88 Å². The molecule has 0 unspecified atom stereocenters. The highest BCUT2D eigenvalue weighted by molar-refractivity contribution is 7.98. The van der Waals surface area contributed by atoms with Crippen LogP contribution < -0.4 is 5.32 Å². The Labute approximate surface area is 189 Å². The fraction of sp³-hybridized carbons (Fsp3) is 0.583. The number of carbonyl (C=O) groups is 2. The van der Waals surface area contributed by atoms with Crippen molar-refractivity contribution in [1.29, 1.82) is 0 Å². The lowest BCUT2D eigenvalue weighted by Gasteiger charge is -2.16. The monoisotopic (exact) mass is 442 g/mol. The maximum Gasteiger partial charge on any atom is 0.220 e. The van der Waals surface area contributed by atoms with Crippen molar-refractivity contribution < 1.29 is 9.59 Å². The summed E-state index contributed by atoms with van der Waals surface area (Å²) in [7, 11) is 0. The molecule has 6 nitrogen and oxygen atoms in total. The maximum atomic E-state index is 12.5. The molecule has 1 aromatic carbocycles. The summed E-state index contributed by atoms with van der Waals surface area (Å²) in [6.07, 6.45) is 8.66. The molecule has 0 saturated heterocycles. The van der Waals surface area contributed by atoms with E-state index in [1.165, 1.54) is 24.0 Å². The van der Waals surface area contributed by atoms with E-state index >= 15 is 0 Å². The minimum absolute atomic E-state index is 0.0508. The Morgan fingerprint density at radius 2 is 1.90 bits per heavy atom. The van der Waals surface area contributed by atoms with E-state index in [9.17, 15) is 9.59 Å². The van der Waals surface area contributed by atoms with Gasteiger partial charge in [0.2, 0.25) is 5.91 Å². The third kappa shape index (κ3) is 6.66. The van der Waals surface area contributed by atoms with Gasteiger partial charge in [-0.15, -0.1) is 10.2 Å². The summed E-state index contributed by atoms with van der Waals surface area (Å²) in [4.78, 5) is 24.7. The second-order valence-corrected chi connectivity index (χ2v) is 9.45. The van der Waals surface area contributed by atoms with Crippen molar-refractivity contribution in [2.24, 2.45) is 5.92 Å². The second-order valence-electron chi connectivity index (χ2n) is 8.67. The zero-order valence-electron chi connectivity index (χ0n) is 18.9. The number of Topliss-reactive ketones (excluding diaryl/α,β-unsaturated/α-hetero) is 1. The number of thioether (sulfide) groups is 1. The fourth-order valence-electron chi connectivity index (χ4n) is 4.04. The van der Waals surface area contributed by atoms with E-state index in [1.807, 2.05) is 18.4 Å². The van der Waals surface area contributed by atoms with Crippen LogP contribution in [0.5, 0.6) is 0 Å². The van der Waals surface area contributed by atoms with Crippen LogP contribution in [0.4, 0.5) is 0 Å². The Bertz CT molecular complexity index is 907. The van der Waals surface area contributed by atoms with E-state index in [1.54, 1.807) is 11.8 Å². The van der Waals surface area contributed by atoms with Crippen molar-refractivity contribution in [1.82, 2.24) is 20.1 Å². The van der Waals surface area contributed by atoms with Crippen LogP contribution >= 0.6 is 11.8 Å². The molecule has 0 fully saturated rings. The Hall–Kier alpha value is -2.15. The molecule has 7 heteroatoms. The number of ketones is 1. The summed E-state index contributed by atoms with van der Waals surface area (Å²) in [5, 5.41) is 12.4. The SMILES string of the molecule is CSc1nnc(CCCNC(=O)CCC(=O)c2ccc3c(c2)CCCC3)n1CC(C)C. The van der Waals surface area contributed by atoms with Crippen molar-refractivity contribution in [2.45, 2.75) is 76.9 Å². The summed E-state index contributed by atoms with van der Waals surface area (Å²) < 4.78 is 2.18. The van der Waals surface area contributed by atoms with Gasteiger partial charge in [-0.05, 0) is 61.5 Å². The van der Waals surface area contributed by atoms with Gasteiger partial charge in [-0.2, -0.15) is 0 Å². The van der Waals surface area contributed by atoms with Crippen LogP contribution in [0.15, 0.2) is 23.4 Å². The molecule has 1 aliphatic carbocycles. The standard InChI is InChI=1S/C24H34N4O2S/c1-17(2)16-28-22(26-27-24(28)31-3)9-6-14-25-23(30)13-12-21(29)20-11-10-18-7-4-5-8-19(18)15-20/h10-11,15,17H,4-9,12-14,16H2,1-3H3,(H,25,30). The third-order valence-electron chi connectivity index (χ3n) is 5.67. The van der Waals surface area contributed by atoms with Crippen LogP contribution in [0.25, 0.3) is 0 Å². The predicted molar refractivity (Wildman–Crippen MR) is 125 cm³/mol. The van der Waals surface area contributed by atoms with E-state index in [0.29, 0.717) is 12.5 Å². The molecule has 1 aliphatic rings. The Morgan fingerprint density at radius 1 is 1.13 bits per heavy atom. The third-order valence-corrected chi connectivity index (χ3v) is 6.34. The summed E-state index contributed by atoms with van der Waals surface area (Å²) in [5.74, 6) is 1.47. The quantitative estimate of drug-likeness (QED) is 0.320. The molecular weight excluding hydrogens is 408 g/mol. The van der Waals surface area contributed by atoms with Gasteiger partial charge in [0.1, 0.15) is 5.82 Å². The van der Waals surface area contributed by atoms with Crippen LogP contribution in [0.2, 0.25) is 0 Å². The molecular formula is C24H34N4O2S. The first kappa shape index (κ1) is 23.5. The van der Waals surface area contributed by atoms with Gasteiger partial charge in [0.25, 0.3) is 0 Å². The second kappa shape index (κ2) is 11.5. The van der Waals surface area contributed by atoms with Crippen molar-refractivity contribution in [3.63, 3.8) is 0 Å². The lowest BCUT2D eigenvalue weighted by atomic mass is 9.89. The average molecular weight is 443 g/mol. The number of hydrogen-bond acceptors (Lipinski definition) is 5. The van der Waals surface area contributed by atoms with Crippen molar-refractivity contribution in [3.8, 4) is 0 Å². The number of hydrogen-bond donors (Lipinski definition) is 1. The molecule has 31 heavy (non-hydrogen) atoms. The van der Waals surface area contributed by atoms with E-state index in [0.717, 1.165) is 48.8 Å². The predicted octanol–water partition coefficient (Wildman–Crippen LogP) is 4.25. The summed E-state index contributed by atoms with van der Waals surface area (Å²) in [6, 6.07) is 6.04. The molecule has 0 spiro atoms. The van der Waals surface area contributed by atoms with Crippen LogP contribution in [0.3, 0.4) is 0 Å². The lowest BCUT2D eigenvalue weighted by Crippen LogP contribution is -2.25. The Kier molecular flexibility index (Phi) is 8.69. The number of aromatic nitrogens is 3. The van der Waals surface area contributed by atoms with Gasteiger partial charge >= 0.3 is 0 Å². The molecule has 0 saturated carbocycles. The van der Waals surface area contributed by atoms with Gasteiger partial charge in [-0.25, -0.2) is 0 Å². The largest absolute Gasteiger partial charge is 0.356 e. The van der Waals surface area contributed by atoms with Crippen molar-refractivity contribution in [3.05, 3.63) is 40.7 Å². The molecule has 0 radical (unpaired) electrons. The number of nitrogens with one attached hydrogen (secondary N) is 1. The van der Waals surface area contributed by atoms with Crippen LogP contribution in [-0.4, -0.2) is 39.3 Å². The molecule has 0 aliphatic heterocycles. The first-order valence-electron chi connectivity index (χ1n) is 11.4. The van der Waals surface area contributed by atoms with Gasteiger partial charge in [0.05, 0.1) is 0 Å². The highest BCUT2D eigenvalue weighted by atomic mass is 32.2. The maximum absolute atomic E-state index is 12.5.